The molecular weight excluding hydrogens is 316 g/mol. The summed E-state index contributed by atoms with van der Waals surface area (Å²) >= 11 is 0. The Morgan fingerprint density at radius 1 is 1.39 bits per heavy atom. The van der Waals surface area contributed by atoms with E-state index in [0.29, 0.717) is 18.9 Å². The predicted molar refractivity (Wildman–Crippen MR) is 91.1 cm³/mol. The minimum absolute atomic E-state index is 0.0852. The zero-order valence-corrected chi connectivity index (χ0v) is 15.1. The summed E-state index contributed by atoms with van der Waals surface area (Å²) in [6, 6.07) is -0.192. The Morgan fingerprint density at radius 3 is 2.74 bits per heavy atom. The fraction of sp³-hybridized carbons (Fsp3) is 0.733. The van der Waals surface area contributed by atoms with Crippen molar-refractivity contribution >= 4 is 15.8 Å². The molecule has 2 heterocycles. The minimum atomic E-state index is -3.34. The van der Waals surface area contributed by atoms with Gasteiger partial charge in [-0.05, 0) is 18.3 Å². The molecule has 1 atom stereocenters. The van der Waals surface area contributed by atoms with Gasteiger partial charge in [0.15, 0.2) is 5.82 Å². The fourth-order valence-corrected chi connectivity index (χ4v) is 4.76. The van der Waals surface area contributed by atoms with E-state index in [1.165, 1.54) is 4.57 Å². The average molecular weight is 342 g/mol. The van der Waals surface area contributed by atoms with Crippen LogP contribution in [-0.2, 0) is 17.1 Å². The quantitative estimate of drug-likeness (QED) is 0.871. The summed E-state index contributed by atoms with van der Waals surface area (Å²) < 4.78 is 28.8. The first-order valence-corrected chi connectivity index (χ1v) is 9.49. The van der Waals surface area contributed by atoms with Gasteiger partial charge in [0, 0.05) is 38.6 Å². The third-order valence-electron chi connectivity index (χ3n) is 3.69. The average Bonchev–Trinajstić information content (AvgIpc) is 2.38. The van der Waals surface area contributed by atoms with E-state index in [1.54, 1.807) is 19.4 Å². The van der Waals surface area contributed by atoms with Crippen molar-refractivity contribution in [2.75, 3.05) is 23.7 Å². The van der Waals surface area contributed by atoms with Crippen molar-refractivity contribution in [3.05, 3.63) is 22.7 Å². The van der Waals surface area contributed by atoms with Crippen LogP contribution in [0.25, 0.3) is 0 Å². The highest BCUT2D eigenvalue weighted by atomic mass is 32.2. The molecule has 2 rings (SSSR count). The summed E-state index contributed by atoms with van der Waals surface area (Å²) in [4.78, 5) is 18.2. The molecule has 1 saturated heterocycles. The van der Waals surface area contributed by atoms with Crippen molar-refractivity contribution in [3.8, 4) is 0 Å². The van der Waals surface area contributed by atoms with Crippen LogP contribution >= 0.6 is 0 Å². The Morgan fingerprint density at radius 2 is 2.09 bits per heavy atom. The van der Waals surface area contributed by atoms with Gasteiger partial charge in [-0.3, -0.25) is 4.79 Å². The number of sulfonamides is 1. The molecule has 1 N–H and O–H groups in total. The van der Waals surface area contributed by atoms with Crippen molar-refractivity contribution in [2.24, 2.45) is 12.5 Å². The van der Waals surface area contributed by atoms with Crippen molar-refractivity contribution in [2.45, 2.75) is 39.7 Å². The molecule has 0 spiro atoms. The van der Waals surface area contributed by atoms with Gasteiger partial charge in [-0.1, -0.05) is 20.8 Å². The molecular formula is C15H26N4O3S. The molecule has 7 nitrogen and oxygen atoms in total. The number of aromatic nitrogens is 2. The molecule has 130 valence electrons. The molecule has 1 fully saturated rings. The summed E-state index contributed by atoms with van der Waals surface area (Å²) in [6.07, 6.45) is 4.79. The van der Waals surface area contributed by atoms with E-state index in [0.717, 1.165) is 12.8 Å². The smallest absolute Gasteiger partial charge is 0.293 e. The Balaban J connectivity index is 2.10. The molecule has 0 bridgehead atoms. The first kappa shape index (κ1) is 17.9. The van der Waals surface area contributed by atoms with Crippen LogP contribution in [0.5, 0.6) is 0 Å². The molecule has 8 heteroatoms. The van der Waals surface area contributed by atoms with Crippen LogP contribution in [-0.4, -0.2) is 42.9 Å². The lowest BCUT2D eigenvalue weighted by atomic mass is 10.0. The van der Waals surface area contributed by atoms with Crippen molar-refractivity contribution in [3.63, 3.8) is 0 Å². The Kier molecular flexibility index (Phi) is 5.15. The maximum atomic E-state index is 12.3. The third kappa shape index (κ3) is 5.04. The summed E-state index contributed by atoms with van der Waals surface area (Å²) in [5.74, 6) is 0.469. The highest BCUT2D eigenvalue weighted by Gasteiger charge is 2.28. The van der Waals surface area contributed by atoms with Crippen LogP contribution in [0.4, 0.5) is 5.82 Å². The zero-order valence-electron chi connectivity index (χ0n) is 14.2. The molecule has 0 radical (unpaired) electrons. The van der Waals surface area contributed by atoms with Gasteiger partial charge in [-0.15, -0.1) is 0 Å². The Labute approximate surface area is 137 Å². The topological polar surface area (TPSA) is 84.3 Å². The van der Waals surface area contributed by atoms with Crippen molar-refractivity contribution in [1.29, 1.82) is 0 Å². The van der Waals surface area contributed by atoms with E-state index >= 15 is 0 Å². The van der Waals surface area contributed by atoms with Crippen LogP contribution in [0.3, 0.4) is 0 Å². The molecule has 0 unspecified atom stereocenters. The van der Waals surface area contributed by atoms with Gasteiger partial charge in [0.1, 0.15) is 0 Å². The lowest BCUT2D eigenvalue weighted by molar-refractivity contribution is 0.436. The monoisotopic (exact) mass is 342 g/mol. The Hall–Kier alpha value is -1.41. The lowest BCUT2D eigenvalue weighted by Crippen LogP contribution is -2.50. The van der Waals surface area contributed by atoms with Crippen LogP contribution in [0.1, 0.15) is 33.6 Å². The summed E-state index contributed by atoms with van der Waals surface area (Å²) in [5, 5.41) is 0. The summed E-state index contributed by atoms with van der Waals surface area (Å²) in [5.41, 5.74) is -0.456. The van der Waals surface area contributed by atoms with Crippen LogP contribution < -0.4 is 15.2 Å². The van der Waals surface area contributed by atoms with Gasteiger partial charge < -0.3 is 9.47 Å². The molecule has 1 aromatic rings. The third-order valence-corrected chi connectivity index (χ3v) is 5.63. The SMILES string of the molecule is Cn1ccnc(N2CCC[C@H](NS(=O)(=O)CC(C)(C)C)C2)c1=O. The number of nitrogens with zero attached hydrogens (tertiary/aromatic N) is 3. The second-order valence-electron chi connectivity index (χ2n) is 7.39. The highest BCUT2D eigenvalue weighted by molar-refractivity contribution is 7.89. The number of rotatable bonds is 4. The standard InChI is InChI=1S/C15H26N4O3S/c1-15(2,3)11-23(21,22)17-12-6-5-8-19(10-12)13-14(20)18(4)9-7-16-13/h7,9,12,17H,5-6,8,10-11H2,1-4H3/t12-/m0/s1. The van der Waals surface area contributed by atoms with E-state index in [1.807, 2.05) is 25.7 Å². The van der Waals surface area contributed by atoms with Gasteiger partial charge in [0.05, 0.1) is 5.75 Å². The fourth-order valence-electron chi connectivity index (χ4n) is 2.83. The number of hydrogen-bond donors (Lipinski definition) is 1. The number of anilines is 1. The lowest BCUT2D eigenvalue weighted by Gasteiger charge is -2.33. The molecule has 23 heavy (non-hydrogen) atoms. The normalized spacial score (nSPS) is 19.8. The maximum absolute atomic E-state index is 12.3. The second kappa shape index (κ2) is 6.60. The molecule has 0 saturated carbocycles. The van der Waals surface area contributed by atoms with E-state index in [-0.39, 0.29) is 22.8 Å². The molecule has 0 amide bonds. The number of nitrogens with one attached hydrogen (secondary N) is 1. The largest absolute Gasteiger partial charge is 0.350 e. The van der Waals surface area contributed by atoms with Gasteiger partial charge in [-0.25, -0.2) is 18.1 Å². The van der Waals surface area contributed by atoms with Crippen molar-refractivity contribution in [1.82, 2.24) is 14.3 Å². The zero-order chi connectivity index (χ0) is 17.3. The summed E-state index contributed by atoms with van der Waals surface area (Å²) in [6.45, 7) is 6.88. The number of hydrogen-bond acceptors (Lipinski definition) is 5. The molecule has 0 aromatic carbocycles. The maximum Gasteiger partial charge on any atom is 0.293 e. The first-order chi connectivity index (χ1) is 10.6. The van der Waals surface area contributed by atoms with E-state index in [4.69, 9.17) is 0 Å². The number of aryl methyl sites for hydroxylation is 1. The molecule has 1 aromatic heterocycles. The van der Waals surface area contributed by atoms with Gasteiger partial charge in [-0.2, -0.15) is 0 Å². The molecule has 1 aliphatic heterocycles. The van der Waals surface area contributed by atoms with Crippen LogP contribution in [0.15, 0.2) is 17.2 Å². The van der Waals surface area contributed by atoms with Crippen LogP contribution in [0.2, 0.25) is 0 Å². The first-order valence-electron chi connectivity index (χ1n) is 7.84. The summed E-state index contributed by atoms with van der Waals surface area (Å²) in [7, 11) is -1.66. The van der Waals surface area contributed by atoms with E-state index in [9.17, 15) is 13.2 Å². The molecule has 1 aliphatic rings. The van der Waals surface area contributed by atoms with Gasteiger partial charge in [0.2, 0.25) is 10.0 Å². The minimum Gasteiger partial charge on any atom is -0.350 e. The van der Waals surface area contributed by atoms with Gasteiger partial charge in [0.25, 0.3) is 5.56 Å². The molecule has 0 aliphatic carbocycles. The van der Waals surface area contributed by atoms with Crippen molar-refractivity contribution < 1.29 is 8.42 Å². The second-order valence-corrected chi connectivity index (χ2v) is 9.14. The van der Waals surface area contributed by atoms with Crippen LogP contribution in [0, 0.1) is 5.41 Å². The predicted octanol–water partition coefficient (Wildman–Crippen LogP) is 0.715. The highest BCUT2D eigenvalue weighted by Crippen LogP contribution is 2.18. The number of piperidine rings is 1. The van der Waals surface area contributed by atoms with Gasteiger partial charge >= 0.3 is 0 Å². The Bertz CT molecular complexity index is 706. The van der Waals surface area contributed by atoms with E-state index < -0.39 is 10.0 Å². The van der Waals surface area contributed by atoms with E-state index in [2.05, 4.69) is 9.71 Å².